The van der Waals surface area contributed by atoms with E-state index in [1.165, 1.54) is 12.0 Å². The zero-order chi connectivity index (χ0) is 14.4. The van der Waals surface area contributed by atoms with Gasteiger partial charge < -0.3 is 9.53 Å². The normalized spacial score (nSPS) is 35.8. The highest BCUT2D eigenvalue weighted by Crippen LogP contribution is 2.51. The van der Waals surface area contributed by atoms with E-state index in [2.05, 4.69) is 40.4 Å². The Balaban J connectivity index is 1.99. The smallest absolute Gasteiger partial charge is 0.192 e. The van der Waals surface area contributed by atoms with E-state index in [0.29, 0.717) is 23.9 Å². The van der Waals surface area contributed by atoms with Crippen LogP contribution in [0.3, 0.4) is 0 Å². The van der Waals surface area contributed by atoms with Crippen LogP contribution in [0.4, 0.5) is 0 Å². The van der Waals surface area contributed by atoms with E-state index in [1.54, 1.807) is 0 Å². The minimum absolute atomic E-state index is 0.271. The van der Waals surface area contributed by atoms with Crippen molar-refractivity contribution in [3.05, 3.63) is 12.2 Å². The fraction of sp³-hybridized carbons (Fsp3) is 0.875. The molecule has 0 aromatic carbocycles. The van der Waals surface area contributed by atoms with Crippen LogP contribution in [0.1, 0.15) is 40.0 Å². The van der Waals surface area contributed by atoms with Crippen LogP contribution in [0.15, 0.2) is 12.2 Å². The molecule has 0 aliphatic heterocycles. The topological polar surface area (TPSA) is 29.5 Å². The second-order valence-corrected chi connectivity index (χ2v) is 12.8. The Bertz CT molecular complexity index is 356. The second kappa shape index (κ2) is 5.01. The van der Waals surface area contributed by atoms with Crippen molar-refractivity contribution >= 4 is 8.32 Å². The maximum atomic E-state index is 9.54. The molecule has 2 nitrogen and oxygen atoms in total. The standard InChI is InChI=1S/C16H30O2Si/c1-11-7-12-8-13(9-14(12)15(11)10-17)18-19(5,6)16(2,3)4/h12-15,17H,1,7-10H2,2-6H3/t12-,13+,14+,15-/m1/s1. The van der Waals surface area contributed by atoms with E-state index in [0.717, 1.165) is 12.8 Å². The molecule has 4 atom stereocenters. The zero-order valence-corrected chi connectivity index (χ0v) is 14.2. The Morgan fingerprint density at radius 2 is 1.95 bits per heavy atom. The molecule has 0 bridgehead atoms. The molecule has 2 rings (SSSR count). The molecular formula is C16H30O2Si. The van der Waals surface area contributed by atoms with Crippen molar-refractivity contribution in [2.24, 2.45) is 17.8 Å². The highest BCUT2D eigenvalue weighted by atomic mass is 28.4. The summed E-state index contributed by atoms with van der Waals surface area (Å²) in [5.41, 5.74) is 1.27. The summed E-state index contributed by atoms with van der Waals surface area (Å²) in [5.74, 6) is 1.66. The number of rotatable bonds is 3. The van der Waals surface area contributed by atoms with Crippen molar-refractivity contribution in [1.29, 1.82) is 0 Å². The van der Waals surface area contributed by atoms with Gasteiger partial charge in [0.25, 0.3) is 0 Å². The van der Waals surface area contributed by atoms with Gasteiger partial charge in [-0.25, -0.2) is 0 Å². The molecule has 0 amide bonds. The summed E-state index contributed by atoms with van der Waals surface area (Å²) in [4.78, 5) is 0. The van der Waals surface area contributed by atoms with Crippen LogP contribution in [0.5, 0.6) is 0 Å². The van der Waals surface area contributed by atoms with Gasteiger partial charge in [-0.2, -0.15) is 0 Å². The van der Waals surface area contributed by atoms with Crippen LogP contribution < -0.4 is 0 Å². The fourth-order valence-electron chi connectivity index (χ4n) is 3.58. The Kier molecular flexibility index (Phi) is 4.03. The Hall–Kier alpha value is -0.123. The Morgan fingerprint density at radius 3 is 2.47 bits per heavy atom. The first kappa shape index (κ1) is 15.3. The average Bonchev–Trinajstić information content (AvgIpc) is 2.71. The quantitative estimate of drug-likeness (QED) is 0.627. The number of hydrogen-bond donors (Lipinski definition) is 1. The number of hydrogen-bond acceptors (Lipinski definition) is 2. The molecule has 0 aromatic heterocycles. The molecular weight excluding hydrogens is 252 g/mol. The monoisotopic (exact) mass is 282 g/mol. The summed E-state index contributed by atoms with van der Waals surface area (Å²) < 4.78 is 6.56. The summed E-state index contributed by atoms with van der Waals surface area (Å²) in [7, 11) is -1.65. The van der Waals surface area contributed by atoms with E-state index in [-0.39, 0.29) is 11.6 Å². The summed E-state index contributed by atoms with van der Waals surface area (Å²) in [6, 6.07) is 0. The molecule has 19 heavy (non-hydrogen) atoms. The van der Waals surface area contributed by atoms with Gasteiger partial charge in [-0.05, 0) is 49.2 Å². The summed E-state index contributed by atoms with van der Waals surface area (Å²) in [6.07, 6.45) is 3.82. The third-order valence-corrected chi connectivity index (χ3v) is 10.3. The highest BCUT2D eigenvalue weighted by molar-refractivity contribution is 6.74. The van der Waals surface area contributed by atoms with Gasteiger partial charge in [0.15, 0.2) is 8.32 Å². The molecule has 2 saturated carbocycles. The predicted molar refractivity (Wildman–Crippen MR) is 82.6 cm³/mol. The SMILES string of the molecule is C=C1C[C@@H]2C[C@H](O[Si](C)(C)C(C)(C)C)C[C@@H]2[C@@H]1CO. The second-order valence-electron chi connectivity index (χ2n) is 8.05. The number of aliphatic hydroxyl groups is 1. The molecule has 0 radical (unpaired) electrons. The molecule has 2 fully saturated rings. The molecule has 3 heteroatoms. The van der Waals surface area contributed by atoms with Gasteiger partial charge in [-0.15, -0.1) is 0 Å². The zero-order valence-electron chi connectivity index (χ0n) is 13.2. The van der Waals surface area contributed by atoms with E-state index in [9.17, 15) is 5.11 Å². The summed E-state index contributed by atoms with van der Waals surface area (Å²) in [6.45, 7) is 16.0. The molecule has 2 aliphatic rings. The van der Waals surface area contributed by atoms with E-state index in [1.807, 2.05) is 0 Å². The third kappa shape index (κ3) is 2.83. The van der Waals surface area contributed by atoms with Crippen molar-refractivity contribution in [2.45, 2.75) is 64.3 Å². The fourth-order valence-corrected chi connectivity index (χ4v) is 4.96. The molecule has 0 aromatic rings. The Morgan fingerprint density at radius 1 is 1.32 bits per heavy atom. The lowest BCUT2D eigenvalue weighted by Crippen LogP contribution is -2.43. The van der Waals surface area contributed by atoms with Crippen molar-refractivity contribution < 1.29 is 9.53 Å². The highest BCUT2D eigenvalue weighted by Gasteiger charge is 2.48. The molecule has 0 heterocycles. The van der Waals surface area contributed by atoms with Crippen LogP contribution in [0.25, 0.3) is 0 Å². The lowest BCUT2D eigenvalue weighted by atomic mass is 9.92. The minimum atomic E-state index is -1.65. The first-order valence-electron chi connectivity index (χ1n) is 7.62. The molecule has 0 saturated heterocycles. The maximum absolute atomic E-state index is 9.54. The number of fused-ring (bicyclic) bond motifs is 1. The first-order chi connectivity index (χ1) is 8.65. The molecule has 0 spiro atoms. The summed E-state index contributed by atoms with van der Waals surface area (Å²) in [5, 5.41) is 9.82. The van der Waals surface area contributed by atoms with Crippen molar-refractivity contribution in [3.8, 4) is 0 Å². The maximum Gasteiger partial charge on any atom is 0.192 e. The van der Waals surface area contributed by atoms with Gasteiger partial charge in [0.05, 0.1) is 0 Å². The van der Waals surface area contributed by atoms with Gasteiger partial charge in [-0.3, -0.25) is 0 Å². The largest absolute Gasteiger partial charge is 0.414 e. The van der Waals surface area contributed by atoms with Crippen LogP contribution in [-0.4, -0.2) is 26.1 Å². The van der Waals surface area contributed by atoms with Crippen LogP contribution in [0.2, 0.25) is 18.1 Å². The lowest BCUT2D eigenvalue weighted by Gasteiger charge is -2.38. The van der Waals surface area contributed by atoms with Gasteiger partial charge in [-0.1, -0.05) is 32.9 Å². The van der Waals surface area contributed by atoms with E-state index >= 15 is 0 Å². The van der Waals surface area contributed by atoms with Gasteiger partial charge in [0.1, 0.15) is 0 Å². The van der Waals surface area contributed by atoms with Crippen molar-refractivity contribution in [3.63, 3.8) is 0 Å². The molecule has 1 N–H and O–H groups in total. The summed E-state index contributed by atoms with van der Waals surface area (Å²) >= 11 is 0. The van der Waals surface area contributed by atoms with E-state index < -0.39 is 8.32 Å². The molecule has 110 valence electrons. The minimum Gasteiger partial charge on any atom is -0.414 e. The predicted octanol–water partition coefficient (Wildman–Crippen LogP) is 3.97. The van der Waals surface area contributed by atoms with Crippen molar-refractivity contribution in [1.82, 2.24) is 0 Å². The third-order valence-electron chi connectivity index (χ3n) is 5.74. The van der Waals surface area contributed by atoms with E-state index in [4.69, 9.17) is 4.43 Å². The Labute approximate surface area is 119 Å². The van der Waals surface area contributed by atoms with Crippen molar-refractivity contribution in [2.75, 3.05) is 6.61 Å². The first-order valence-corrected chi connectivity index (χ1v) is 10.5. The lowest BCUT2D eigenvalue weighted by molar-refractivity contribution is 0.165. The van der Waals surface area contributed by atoms with Gasteiger partial charge >= 0.3 is 0 Å². The van der Waals surface area contributed by atoms with Crippen LogP contribution >= 0.6 is 0 Å². The molecule has 2 aliphatic carbocycles. The van der Waals surface area contributed by atoms with Gasteiger partial charge in [0, 0.05) is 18.6 Å². The number of aliphatic hydroxyl groups excluding tert-OH is 1. The molecule has 0 unspecified atom stereocenters. The van der Waals surface area contributed by atoms with Crippen LogP contribution in [0, 0.1) is 17.8 Å². The average molecular weight is 282 g/mol. The van der Waals surface area contributed by atoms with Crippen LogP contribution in [-0.2, 0) is 4.43 Å². The van der Waals surface area contributed by atoms with Gasteiger partial charge in [0.2, 0.25) is 0 Å².